The fourth-order valence-corrected chi connectivity index (χ4v) is 3.48. The van der Waals surface area contributed by atoms with Gasteiger partial charge in [0.1, 0.15) is 17.5 Å². The maximum absolute atomic E-state index is 12.8. The monoisotopic (exact) mass is 313 g/mol. The number of phenols is 1. The average Bonchev–Trinajstić information content (AvgIpc) is 2.52. The molecule has 0 saturated carbocycles. The van der Waals surface area contributed by atoms with Gasteiger partial charge in [-0.05, 0) is 29.3 Å². The Kier molecular flexibility index (Phi) is 3.94. The van der Waals surface area contributed by atoms with Crippen LogP contribution < -0.4 is 9.84 Å². The number of aromatic hydroxyl groups is 1. The van der Waals surface area contributed by atoms with E-state index in [0.717, 1.165) is 40.6 Å². The van der Waals surface area contributed by atoms with Crippen molar-refractivity contribution in [2.24, 2.45) is 0 Å². The largest absolute Gasteiger partial charge is 0.870 e. The standard InChI is InChI=1S/C19H23NO3/c1-20(2)11-10-14-6-9-17(23-3)19(22)18(14)16(20)12-13-4-7-15(21)8-5-13/h4-9,16H,10-12H2,1-3H3,(H-,21,22)/t16-/m0/s1. The second-order valence-corrected chi connectivity index (χ2v) is 6.81. The van der Waals surface area contributed by atoms with Crippen LogP contribution in [0.15, 0.2) is 36.4 Å². The van der Waals surface area contributed by atoms with Gasteiger partial charge in [0.25, 0.3) is 0 Å². The summed E-state index contributed by atoms with van der Waals surface area (Å²) in [5.74, 6) is 0.693. The number of likely N-dealkylation sites (N-methyl/N-ethyl adjacent to an activating group) is 1. The molecular formula is C19H23NO3. The lowest BCUT2D eigenvalue weighted by Crippen LogP contribution is -2.49. The molecular weight excluding hydrogens is 290 g/mol. The Morgan fingerprint density at radius 1 is 1.17 bits per heavy atom. The number of quaternary nitrogens is 1. The lowest BCUT2D eigenvalue weighted by molar-refractivity contribution is -0.923. The Morgan fingerprint density at radius 2 is 1.87 bits per heavy atom. The number of ether oxygens (including phenoxy) is 1. The first-order valence-electron chi connectivity index (χ1n) is 7.90. The topological polar surface area (TPSA) is 52.5 Å². The molecule has 0 fully saturated rings. The van der Waals surface area contributed by atoms with Gasteiger partial charge >= 0.3 is 0 Å². The lowest BCUT2D eigenvalue weighted by atomic mass is 9.86. The van der Waals surface area contributed by atoms with Gasteiger partial charge in [-0.2, -0.15) is 0 Å². The molecule has 0 saturated heterocycles. The second-order valence-electron chi connectivity index (χ2n) is 6.81. The molecule has 1 N–H and O–H groups in total. The van der Waals surface area contributed by atoms with Crippen LogP contribution in [0.3, 0.4) is 0 Å². The summed E-state index contributed by atoms with van der Waals surface area (Å²) in [5.41, 5.74) is 3.14. The SMILES string of the molecule is COc1ccc2c(c1[O-])[C@H](Cc1ccc(O)cc1)[N+](C)(C)CC2. The summed E-state index contributed by atoms with van der Waals surface area (Å²) >= 11 is 0. The number of benzene rings is 2. The van der Waals surface area contributed by atoms with Crippen molar-refractivity contribution in [1.29, 1.82) is 0 Å². The third-order valence-electron chi connectivity index (χ3n) is 4.97. The maximum Gasteiger partial charge on any atom is 0.118 e. The molecule has 1 atom stereocenters. The number of methoxy groups -OCH3 is 1. The van der Waals surface area contributed by atoms with E-state index < -0.39 is 0 Å². The molecule has 0 aromatic heterocycles. The zero-order valence-electron chi connectivity index (χ0n) is 13.9. The number of nitrogens with zero attached hydrogens (tertiary/aromatic N) is 1. The van der Waals surface area contributed by atoms with Crippen molar-refractivity contribution in [3.8, 4) is 17.2 Å². The van der Waals surface area contributed by atoms with E-state index in [1.807, 2.05) is 18.2 Å². The molecule has 0 bridgehead atoms. The summed E-state index contributed by atoms with van der Waals surface area (Å²) in [5, 5.41) is 22.3. The number of fused-ring (bicyclic) bond motifs is 1. The second kappa shape index (κ2) is 5.78. The first kappa shape index (κ1) is 15.7. The predicted molar refractivity (Wildman–Crippen MR) is 87.7 cm³/mol. The molecule has 1 aliphatic heterocycles. The van der Waals surface area contributed by atoms with Crippen LogP contribution in [-0.2, 0) is 12.8 Å². The lowest BCUT2D eigenvalue weighted by Gasteiger charge is -2.44. The van der Waals surface area contributed by atoms with Crippen LogP contribution in [0.5, 0.6) is 17.2 Å². The van der Waals surface area contributed by atoms with Crippen LogP contribution in [0, 0.1) is 0 Å². The van der Waals surface area contributed by atoms with Crippen molar-refractivity contribution in [2.75, 3.05) is 27.7 Å². The number of hydrogen-bond acceptors (Lipinski definition) is 3. The highest BCUT2D eigenvalue weighted by molar-refractivity contribution is 5.51. The first-order chi connectivity index (χ1) is 10.9. The Hall–Kier alpha value is -2.20. The van der Waals surface area contributed by atoms with Gasteiger partial charge in [0.05, 0.1) is 27.7 Å². The zero-order valence-corrected chi connectivity index (χ0v) is 13.9. The van der Waals surface area contributed by atoms with E-state index in [1.54, 1.807) is 25.3 Å². The number of phenolic OH excluding ortho intramolecular Hbond substituents is 1. The smallest absolute Gasteiger partial charge is 0.118 e. The highest BCUT2D eigenvalue weighted by Gasteiger charge is 2.36. The average molecular weight is 313 g/mol. The molecule has 4 heteroatoms. The van der Waals surface area contributed by atoms with E-state index in [0.29, 0.717) is 5.75 Å². The third kappa shape index (κ3) is 2.86. The van der Waals surface area contributed by atoms with Crippen molar-refractivity contribution in [3.05, 3.63) is 53.1 Å². The highest BCUT2D eigenvalue weighted by atomic mass is 16.5. The molecule has 0 amide bonds. The van der Waals surface area contributed by atoms with Crippen molar-refractivity contribution in [2.45, 2.75) is 18.9 Å². The molecule has 122 valence electrons. The van der Waals surface area contributed by atoms with E-state index in [2.05, 4.69) is 14.1 Å². The van der Waals surface area contributed by atoms with Crippen molar-refractivity contribution in [1.82, 2.24) is 0 Å². The number of rotatable bonds is 3. The maximum atomic E-state index is 12.8. The van der Waals surface area contributed by atoms with E-state index in [-0.39, 0.29) is 17.5 Å². The minimum Gasteiger partial charge on any atom is -0.870 e. The van der Waals surface area contributed by atoms with Crippen molar-refractivity contribution >= 4 is 0 Å². The summed E-state index contributed by atoms with van der Waals surface area (Å²) in [6.07, 6.45) is 1.68. The Labute approximate surface area is 137 Å². The minimum atomic E-state index is 0.0136. The van der Waals surface area contributed by atoms with Crippen LogP contribution in [0.4, 0.5) is 0 Å². The molecule has 23 heavy (non-hydrogen) atoms. The molecule has 0 radical (unpaired) electrons. The Morgan fingerprint density at radius 3 is 2.52 bits per heavy atom. The van der Waals surface area contributed by atoms with Gasteiger partial charge in [-0.3, -0.25) is 0 Å². The van der Waals surface area contributed by atoms with Crippen LogP contribution >= 0.6 is 0 Å². The van der Waals surface area contributed by atoms with E-state index in [1.165, 1.54) is 0 Å². The summed E-state index contributed by atoms with van der Waals surface area (Å²) in [6.45, 7) is 1.00. The molecule has 0 aliphatic carbocycles. The minimum absolute atomic E-state index is 0.0136. The van der Waals surface area contributed by atoms with Gasteiger partial charge in [0.15, 0.2) is 0 Å². The molecule has 0 spiro atoms. The van der Waals surface area contributed by atoms with Crippen LogP contribution in [0.2, 0.25) is 0 Å². The van der Waals surface area contributed by atoms with Gasteiger partial charge in [-0.25, -0.2) is 0 Å². The van der Waals surface area contributed by atoms with Gasteiger partial charge < -0.3 is 19.4 Å². The summed E-state index contributed by atoms with van der Waals surface area (Å²) in [6, 6.07) is 11.1. The van der Waals surface area contributed by atoms with Gasteiger partial charge in [0, 0.05) is 18.4 Å². The third-order valence-corrected chi connectivity index (χ3v) is 4.97. The van der Waals surface area contributed by atoms with E-state index >= 15 is 0 Å². The van der Waals surface area contributed by atoms with Crippen molar-refractivity contribution < 1.29 is 19.4 Å². The Bertz CT molecular complexity index is 707. The molecule has 1 aliphatic rings. The van der Waals surface area contributed by atoms with E-state index in [9.17, 15) is 10.2 Å². The quantitative estimate of drug-likeness (QED) is 0.885. The summed E-state index contributed by atoms with van der Waals surface area (Å²) in [4.78, 5) is 0. The van der Waals surface area contributed by atoms with Crippen LogP contribution in [-0.4, -0.2) is 37.3 Å². The van der Waals surface area contributed by atoms with E-state index in [4.69, 9.17) is 4.74 Å². The molecule has 1 heterocycles. The normalized spacial score (nSPS) is 19.2. The molecule has 0 unspecified atom stereocenters. The van der Waals surface area contributed by atoms with Gasteiger partial charge in [0.2, 0.25) is 0 Å². The van der Waals surface area contributed by atoms with Crippen molar-refractivity contribution in [3.63, 3.8) is 0 Å². The molecule has 2 aromatic rings. The Balaban J connectivity index is 2.05. The molecule has 2 aromatic carbocycles. The van der Waals surface area contributed by atoms with Gasteiger partial charge in [-0.15, -0.1) is 0 Å². The highest BCUT2D eigenvalue weighted by Crippen LogP contribution is 2.43. The number of hydrogen-bond donors (Lipinski definition) is 1. The van der Waals surface area contributed by atoms with Gasteiger partial charge in [-0.1, -0.05) is 23.9 Å². The fourth-order valence-electron chi connectivity index (χ4n) is 3.48. The zero-order chi connectivity index (χ0) is 16.6. The summed E-state index contributed by atoms with van der Waals surface area (Å²) in [7, 11) is 5.89. The summed E-state index contributed by atoms with van der Waals surface area (Å²) < 4.78 is 6.02. The van der Waals surface area contributed by atoms with Crippen LogP contribution in [0.25, 0.3) is 0 Å². The van der Waals surface area contributed by atoms with Crippen LogP contribution in [0.1, 0.15) is 22.7 Å². The molecule has 4 nitrogen and oxygen atoms in total. The predicted octanol–water partition coefficient (Wildman–Crippen LogP) is 2.39. The molecule has 3 rings (SSSR count). The fraction of sp³-hybridized carbons (Fsp3) is 0.368. The first-order valence-corrected chi connectivity index (χ1v) is 7.90.